The van der Waals surface area contributed by atoms with Gasteiger partial charge in [0.15, 0.2) is 0 Å². The van der Waals surface area contributed by atoms with E-state index in [1.165, 1.54) is 0 Å². The molecule has 0 unspecified atom stereocenters. The van der Waals surface area contributed by atoms with Crippen LogP contribution in [0.2, 0.25) is 0 Å². The third-order valence-corrected chi connectivity index (χ3v) is 6.03. The molecule has 0 radical (unpaired) electrons. The Labute approximate surface area is 189 Å². The Bertz CT molecular complexity index is 1070. The number of piperidine rings is 1. The van der Waals surface area contributed by atoms with E-state index in [0.29, 0.717) is 18.8 Å². The number of likely N-dealkylation sites (tertiary alicyclic amines) is 1. The molecule has 0 saturated carbocycles. The summed E-state index contributed by atoms with van der Waals surface area (Å²) in [6, 6.07) is 5.89. The molecule has 0 aromatic carbocycles. The van der Waals surface area contributed by atoms with E-state index >= 15 is 0 Å². The van der Waals surface area contributed by atoms with Gasteiger partial charge in [-0.15, -0.1) is 0 Å². The summed E-state index contributed by atoms with van der Waals surface area (Å²) in [6.45, 7) is 2.81. The van der Waals surface area contributed by atoms with Gasteiger partial charge in [-0.3, -0.25) is 14.8 Å². The van der Waals surface area contributed by atoms with E-state index in [9.17, 15) is 4.79 Å². The largest absolute Gasteiger partial charge is 0.347 e. The van der Waals surface area contributed by atoms with Crippen LogP contribution in [0.4, 0.5) is 5.95 Å². The average Bonchev–Trinajstić information content (AvgIpc) is 2.83. The van der Waals surface area contributed by atoms with Crippen LogP contribution in [0, 0.1) is 6.92 Å². The van der Waals surface area contributed by atoms with Gasteiger partial charge in [-0.2, -0.15) is 0 Å². The van der Waals surface area contributed by atoms with E-state index in [1.54, 1.807) is 18.6 Å². The number of hydrogen-bond acceptors (Lipinski definition) is 6. The highest BCUT2D eigenvalue weighted by molar-refractivity contribution is 5.78. The van der Waals surface area contributed by atoms with Gasteiger partial charge in [-0.1, -0.05) is 0 Å². The number of carbonyl (C=O) groups is 1. The first-order valence-corrected chi connectivity index (χ1v) is 11.2. The van der Waals surface area contributed by atoms with Crippen molar-refractivity contribution in [3.8, 4) is 11.1 Å². The molecule has 1 aliphatic rings. The summed E-state index contributed by atoms with van der Waals surface area (Å²) >= 11 is 0. The number of amides is 1. The topological polar surface area (TPSA) is 75.1 Å². The van der Waals surface area contributed by atoms with Crippen molar-refractivity contribution in [1.29, 1.82) is 0 Å². The highest BCUT2D eigenvalue weighted by Crippen LogP contribution is 2.37. The lowest BCUT2D eigenvalue weighted by molar-refractivity contribution is -0.135. The molecule has 1 atom stereocenters. The smallest absolute Gasteiger partial charge is 0.225 e. The lowest BCUT2D eigenvalue weighted by Crippen LogP contribution is -2.39. The molecule has 166 valence electrons. The second-order valence-electron chi connectivity index (χ2n) is 8.51. The highest BCUT2D eigenvalue weighted by Gasteiger charge is 2.31. The molecule has 3 aromatic heterocycles. The quantitative estimate of drug-likeness (QED) is 0.589. The number of rotatable bonds is 6. The monoisotopic (exact) mass is 430 g/mol. The van der Waals surface area contributed by atoms with Crippen molar-refractivity contribution in [3.05, 3.63) is 66.0 Å². The van der Waals surface area contributed by atoms with Gasteiger partial charge in [0, 0.05) is 63.6 Å². The van der Waals surface area contributed by atoms with Crippen LogP contribution in [0.25, 0.3) is 11.1 Å². The first kappa shape index (κ1) is 21.9. The summed E-state index contributed by atoms with van der Waals surface area (Å²) in [5.74, 6) is 0.833. The Morgan fingerprint density at radius 3 is 2.59 bits per heavy atom. The maximum atomic E-state index is 13.3. The van der Waals surface area contributed by atoms with Crippen molar-refractivity contribution < 1.29 is 4.79 Å². The summed E-state index contributed by atoms with van der Waals surface area (Å²) in [5.41, 5.74) is 5.17. The second-order valence-corrected chi connectivity index (χ2v) is 8.51. The van der Waals surface area contributed by atoms with Gasteiger partial charge in [0.1, 0.15) is 0 Å². The predicted molar refractivity (Wildman–Crippen MR) is 125 cm³/mol. The fraction of sp³-hybridized carbons (Fsp3) is 0.400. The van der Waals surface area contributed by atoms with E-state index in [1.807, 2.05) is 61.4 Å². The Morgan fingerprint density at radius 2 is 1.84 bits per heavy atom. The van der Waals surface area contributed by atoms with Gasteiger partial charge < -0.3 is 9.80 Å². The molecule has 0 spiro atoms. The summed E-state index contributed by atoms with van der Waals surface area (Å²) < 4.78 is 0. The number of nitrogens with zero attached hydrogens (tertiary/aromatic N) is 6. The molecule has 1 fully saturated rings. The van der Waals surface area contributed by atoms with Crippen LogP contribution >= 0.6 is 0 Å². The van der Waals surface area contributed by atoms with Gasteiger partial charge in [0.05, 0.1) is 11.7 Å². The van der Waals surface area contributed by atoms with Crippen LogP contribution in [0.15, 0.2) is 49.2 Å². The zero-order chi connectivity index (χ0) is 22.5. The normalized spacial score (nSPS) is 16.1. The Morgan fingerprint density at radius 1 is 1.06 bits per heavy atom. The van der Waals surface area contributed by atoms with Gasteiger partial charge in [0.2, 0.25) is 11.9 Å². The van der Waals surface area contributed by atoms with Crippen molar-refractivity contribution in [1.82, 2.24) is 24.8 Å². The van der Waals surface area contributed by atoms with Gasteiger partial charge >= 0.3 is 0 Å². The number of aromatic nitrogens is 4. The number of anilines is 1. The Kier molecular flexibility index (Phi) is 6.73. The number of aryl methyl sites for hydroxylation is 2. The molecule has 1 amide bonds. The summed E-state index contributed by atoms with van der Waals surface area (Å²) in [5, 5.41) is 0. The molecule has 1 aliphatic heterocycles. The molecule has 0 N–H and O–H groups in total. The van der Waals surface area contributed by atoms with Gasteiger partial charge in [-0.05, 0) is 67.5 Å². The van der Waals surface area contributed by atoms with E-state index in [-0.39, 0.29) is 11.9 Å². The fourth-order valence-electron chi connectivity index (χ4n) is 4.30. The first-order valence-electron chi connectivity index (χ1n) is 11.2. The number of hydrogen-bond donors (Lipinski definition) is 0. The van der Waals surface area contributed by atoms with Gasteiger partial charge in [0.25, 0.3) is 0 Å². The third-order valence-electron chi connectivity index (χ3n) is 6.03. The number of pyridine rings is 2. The minimum absolute atomic E-state index is 0.0574. The van der Waals surface area contributed by atoms with E-state index in [4.69, 9.17) is 4.98 Å². The van der Waals surface area contributed by atoms with Crippen LogP contribution < -0.4 is 4.90 Å². The number of carbonyl (C=O) groups excluding carboxylic acids is 1. The lowest BCUT2D eigenvalue weighted by Gasteiger charge is -2.36. The standard InChI is InChI=1S/C25H30N6O/c1-18-16-27-14-11-20(18)21-17-28-25(30(2)3)29-24(21)22-6-4-5-15-31(22)23(32)8-7-19-9-12-26-13-10-19/h9-14,16-17,22H,4-8,15H2,1-3H3/t22-/m1/s1. The molecule has 32 heavy (non-hydrogen) atoms. The maximum Gasteiger partial charge on any atom is 0.225 e. The molecular formula is C25H30N6O. The molecule has 7 nitrogen and oxygen atoms in total. The summed E-state index contributed by atoms with van der Waals surface area (Å²) in [7, 11) is 3.88. The molecule has 3 aromatic rings. The van der Waals surface area contributed by atoms with Crippen molar-refractivity contribution in [2.75, 3.05) is 25.5 Å². The summed E-state index contributed by atoms with van der Waals surface area (Å²) in [4.78, 5) is 35.1. The van der Waals surface area contributed by atoms with E-state index in [2.05, 4.69) is 15.0 Å². The fourth-order valence-corrected chi connectivity index (χ4v) is 4.30. The molecule has 0 bridgehead atoms. The molecule has 7 heteroatoms. The first-order chi connectivity index (χ1) is 15.5. The van der Waals surface area contributed by atoms with Crippen molar-refractivity contribution >= 4 is 11.9 Å². The molecule has 4 rings (SSSR count). The van der Waals surface area contributed by atoms with Crippen LogP contribution in [0.1, 0.15) is 48.5 Å². The predicted octanol–water partition coefficient (Wildman–Crippen LogP) is 3.99. The zero-order valence-corrected chi connectivity index (χ0v) is 19.0. The van der Waals surface area contributed by atoms with Crippen LogP contribution in [-0.2, 0) is 11.2 Å². The summed E-state index contributed by atoms with van der Waals surface area (Å²) in [6.07, 6.45) is 13.3. The Balaban J connectivity index is 1.68. The molecule has 0 aliphatic carbocycles. The molecule has 1 saturated heterocycles. The van der Waals surface area contributed by atoms with Crippen LogP contribution in [-0.4, -0.2) is 51.4 Å². The minimum atomic E-state index is -0.0574. The highest BCUT2D eigenvalue weighted by atomic mass is 16.2. The maximum absolute atomic E-state index is 13.3. The molecular weight excluding hydrogens is 400 g/mol. The Hall–Kier alpha value is -3.35. The van der Waals surface area contributed by atoms with Crippen molar-refractivity contribution in [3.63, 3.8) is 0 Å². The third kappa shape index (κ3) is 4.77. The van der Waals surface area contributed by atoms with Crippen molar-refractivity contribution in [2.24, 2.45) is 0 Å². The SMILES string of the molecule is Cc1cnccc1-c1cnc(N(C)C)nc1[C@H]1CCCCN1C(=O)CCc1ccncc1. The van der Waals surface area contributed by atoms with E-state index < -0.39 is 0 Å². The van der Waals surface area contributed by atoms with Crippen molar-refractivity contribution in [2.45, 2.75) is 45.1 Å². The van der Waals surface area contributed by atoms with Crippen LogP contribution in [0.3, 0.4) is 0 Å². The van der Waals surface area contributed by atoms with E-state index in [0.717, 1.165) is 53.8 Å². The molecule has 4 heterocycles. The lowest BCUT2D eigenvalue weighted by atomic mass is 9.92. The zero-order valence-electron chi connectivity index (χ0n) is 19.0. The minimum Gasteiger partial charge on any atom is -0.347 e. The average molecular weight is 431 g/mol. The van der Waals surface area contributed by atoms with Gasteiger partial charge in [-0.25, -0.2) is 9.97 Å². The second kappa shape index (κ2) is 9.85. The van der Waals surface area contributed by atoms with Crippen LogP contribution in [0.5, 0.6) is 0 Å².